The third kappa shape index (κ3) is 4.29. The van der Waals surface area contributed by atoms with Crippen LogP contribution in [-0.2, 0) is 4.74 Å². The number of ether oxygens (including phenoxy) is 1. The number of carbonyl (C=O) groups excluding carboxylic acids is 1. The summed E-state index contributed by atoms with van der Waals surface area (Å²) in [5, 5.41) is 12.6. The molecule has 1 aromatic heterocycles. The molecule has 0 saturated carbocycles. The Morgan fingerprint density at radius 2 is 1.83 bits per heavy atom. The number of hydrogen-bond acceptors (Lipinski definition) is 6. The molecule has 2 aromatic rings. The fourth-order valence-corrected chi connectivity index (χ4v) is 2.77. The van der Waals surface area contributed by atoms with Gasteiger partial charge in [-0.05, 0) is 62.5 Å². The van der Waals surface area contributed by atoms with Crippen molar-refractivity contribution in [1.82, 2.24) is 15.3 Å². The Labute approximate surface area is 140 Å². The van der Waals surface area contributed by atoms with E-state index >= 15 is 0 Å². The van der Waals surface area contributed by atoms with Crippen LogP contribution in [0.3, 0.4) is 0 Å². The quantitative estimate of drug-likeness (QED) is 0.820. The van der Waals surface area contributed by atoms with Crippen LogP contribution in [-0.4, -0.2) is 40.7 Å². The molecule has 0 aliphatic carbocycles. The highest BCUT2D eigenvalue weighted by atomic mass is 16.5. The fourth-order valence-electron chi connectivity index (χ4n) is 2.77. The summed E-state index contributed by atoms with van der Waals surface area (Å²) >= 11 is 0. The van der Waals surface area contributed by atoms with Gasteiger partial charge in [0.15, 0.2) is 5.82 Å². The molecule has 0 radical (unpaired) electrons. The summed E-state index contributed by atoms with van der Waals surface area (Å²) in [7, 11) is 0. The fraction of sp³-hybridized carbons (Fsp3) is 0.389. The number of nitrogens with zero attached hydrogens (tertiary/aromatic N) is 2. The van der Waals surface area contributed by atoms with E-state index in [4.69, 9.17) is 4.74 Å². The molecule has 126 valence electrons. The van der Waals surface area contributed by atoms with Crippen LogP contribution in [0.4, 0.5) is 0 Å². The Kier molecular flexibility index (Phi) is 5.38. The Bertz CT molecular complexity index is 665. The molecule has 0 unspecified atom stereocenters. The lowest BCUT2D eigenvalue weighted by atomic mass is 9.95. The van der Waals surface area contributed by atoms with E-state index in [0.717, 1.165) is 37.9 Å². The maximum Gasteiger partial charge on any atom is 0.341 e. The van der Waals surface area contributed by atoms with E-state index < -0.39 is 0 Å². The van der Waals surface area contributed by atoms with Gasteiger partial charge >= 0.3 is 5.97 Å². The summed E-state index contributed by atoms with van der Waals surface area (Å²) in [4.78, 5) is 20.4. The molecule has 0 atom stereocenters. The van der Waals surface area contributed by atoms with Gasteiger partial charge in [-0.25, -0.2) is 14.8 Å². The van der Waals surface area contributed by atoms with Crippen LogP contribution >= 0.6 is 0 Å². The van der Waals surface area contributed by atoms with Crippen molar-refractivity contribution < 1.29 is 14.6 Å². The van der Waals surface area contributed by atoms with Crippen molar-refractivity contribution in [2.24, 2.45) is 5.92 Å². The lowest BCUT2D eigenvalue weighted by Gasteiger charge is -2.22. The lowest BCUT2D eigenvalue weighted by molar-refractivity contribution is 0.0475. The first kappa shape index (κ1) is 16.4. The molecule has 0 spiro atoms. The molecule has 6 nitrogen and oxygen atoms in total. The van der Waals surface area contributed by atoms with Crippen LogP contribution in [0.1, 0.15) is 29.6 Å². The average Bonchev–Trinajstić information content (AvgIpc) is 2.63. The number of carbonyl (C=O) groups is 1. The first-order valence-corrected chi connectivity index (χ1v) is 8.21. The van der Waals surface area contributed by atoms with E-state index in [9.17, 15) is 9.90 Å². The standard InChI is InChI=1S/C18H21N3O3/c22-16-3-1-14(2-4-16)17-20-11-15(12-21-17)18(23)24-10-7-13-5-8-19-9-6-13/h1-4,11-13,19,22H,5-10H2. The zero-order chi connectivity index (χ0) is 16.8. The van der Waals surface area contributed by atoms with Crippen LogP contribution in [0.15, 0.2) is 36.7 Å². The first-order chi connectivity index (χ1) is 11.7. The lowest BCUT2D eigenvalue weighted by Crippen LogP contribution is -2.28. The zero-order valence-corrected chi connectivity index (χ0v) is 13.4. The Hall–Kier alpha value is -2.47. The second kappa shape index (κ2) is 7.88. The molecule has 2 N–H and O–H groups in total. The van der Waals surface area contributed by atoms with Crippen molar-refractivity contribution in [1.29, 1.82) is 0 Å². The summed E-state index contributed by atoms with van der Waals surface area (Å²) in [5.41, 5.74) is 1.13. The molecule has 0 bridgehead atoms. The van der Waals surface area contributed by atoms with Crippen molar-refractivity contribution in [3.63, 3.8) is 0 Å². The van der Waals surface area contributed by atoms with Gasteiger partial charge in [-0.3, -0.25) is 0 Å². The monoisotopic (exact) mass is 327 g/mol. The third-order valence-electron chi connectivity index (χ3n) is 4.23. The minimum absolute atomic E-state index is 0.188. The van der Waals surface area contributed by atoms with Gasteiger partial charge in [0.1, 0.15) is 5.75 Å². The maximum atomic E-state index is 12.0. The molecule has 24 heavy (non-hydrogen) atoms. The number of phenolic OH excluding ortho intramolecular Hbond substituents is 1. The number of hydrogen-bond donors (Lipinski definition) is 2. The molecule has 1 aromatic carbocycles. The average molecular weight is 327 g/mol. The molecule has 1 aliphatic rings. The number of aromatic nitrogens is 2. The predicted octanol–water partition coefficient (Wildman–Crippen LogP) is 2.40. The van der Waals surface area contributed by atoms with Crippen LogP contribution in [0, 0.1) is 5.92 Å². The van der Waals surface area contributed by atoms with Gasteiger partial charge in [-0.15, -0.1) is 0 Å². The molecule has 3 rings (SSSR count). The minimum Gasteiger partial charge on any atom is -0.508 e. The van der Waals surface area contributed by atoms with Gasteiger partial charge in [-0.2, -0.15) is 0 Å². The molecular weight excluding hydrogens is 306 g/mol. The predicted molar refractivity (Wildman–Crippen MR) is 89.6 cm³/mol. The summed E-state index contributed by atoms with van der Waals surface area (Å²) < 4.78 is 5.32. The van der Waals surface area contributed by atoms with E-state index in [1.165, 1.54) is 12.4 Å². The number of benzene rings is 1. The molecule has 0 amide bonds. The second-order valence-electron chi connectivity index (χ2n) is 5.96. The van der Waals surface area contributed by atoms with E-state index in [2.05, 4.69) is 15.3 Å². The number of phenols is 1. The van der Waals surface area contributed by atoms with Gasteiger partial charge in [0.2, 0.25) is 0 Å². The number of esters is 1. The van der Waals surface area contributed by atoms with Gasteiger partial charge in [0.25, 0.3) is 0 Å². The van der Waals surface area contributed by atoms with Gasteiger partial charge in [-0.1, -0.05) is 0 Å². The smallest absolute Gasteiger partial charge is 0.341 e. The van der Waals surface area contributed by atoms with Crippen LogP contribution in [0.25, 0.3) is 11.4 Å². The summed E-state index contributed by atoms with van der Waals surface area (Å²) in [6.07, 6.45) is 6.13. The van der Waals surface area contributed by atoms with E-state index in [1.807, 2.05) is 0 Å². The Balaban J connectivity index is 1.52. The van der Waals surface area contributed by atoms with Crippen LogP contribution in [0.2, 0.25) is 0 Å². The van der Waals surface area contributed by atoms with Crippen molar-refractivity contribution in [3.8, 4) is 17.1 Å². The highest BCUT2D eigenvalue weighted by Gasteiger charge is 2.14. The van der Waals surface area contributed by atoms with Crippen molar-refractivity contribution in [2.75, 3.05) is 19.7 Å². The number of piperidine rings is 1. The topological polar surface area (TPSA) is 84.3 Å². The Morgan fingerprint density at radius 3 is 2.50 bits per heavy atom. The summed E-state index contributed by atoms with van der Waals surface area (Å²) in [6.45, 7) is 2.53. The molecule has 1 saturated heterocycles. The first-order valence-electron chi connectivity index (χ1n) is 8.21. The zero-order valence-electron chi connectivity index (χ0n) is 13.4. The molecular formula is C18H21N3O3. The third-order valence-corrected chi connectivity index (χ3v) is 4.23. The van der Waals surface area contributed by atoms with E-state index in [1.54, 1.807) is 24.3 Å². The molecule has 1 aliphatic heterocycles. The van der Waals surface area contributed by atoms with E-state index in [-0.39, 0.29) is 11.7 Å². The second-order valence-corrected chi connectivity index (χ2v) is 5.96. The van der Waals surface area contributed by atoms with Crippen LogP contribution < -0.4 is 5.32 Å². The minimum atomic E-state index is -0.388. The molecule has 1 fully saturated rings. The number of nitrogens with one attached hydrogen (secondary N) is 1. The SMILES string of the molecule is O=C(OCCC1CCNCC1)c1cnc(-c2ccc(O)cc2)nc1. The normalized spacial score (nSPS) is 15.2. The summed E-state index contributed by atoms with van der Waals surface area (Å²) in [5.74, 6) is 0.933. The highest BCUT2D eigenvalue weighted by Crippen LogP contribution is 2.18. The molecule has 6 heteroatoms. The highest BCUT2D eigenvalue weighted by molar-refractivity contribution is 5.88. The van der Waals surface area contributed by atoms with Crippen LogP contribution in [0.5, 0.6) is 5.75 Å². The number of rotatable bonds is 5. The molecule has 2 heterocycles. The van der Waals surface area contributed by atoms with Gasteiger partial charge in [0.05, 0.1) is 12.2 Å². The Morgan fingerprint density at radius 1 is 1.17 bits per heavy atom. The van der Waals surface area contributed by atoms with Crippen molar-refractivity contribution in [3.05, 3.63) is 42.2 Å². The largest absolute Gasteiger partial charge is 0.508 e. The van der Waals surface area contributed by atoms with Gasteiger partial charge < -0.3 is 15.2 Å². The van der Waals surface area contributed by atoms with Crippen molar-refractivity contribution in [2.45, 2.75) is 19.3 Å². The maximum absolute atomic E-state index is 12.0. The number of aromatic hydroxyl groups is 1. The summed E-state index contributed by atoms with van der Waals surface area (Å²) in [6, 6.07) is 6.59. The van der Waals surface area contributed by atoms with Gasteiger partial charge in [0, 0.05) is 18.0 Å². The van der Waals surface area contributed by atoms with E-state index in [0.29, 0.717) is 23.9 Å². The van der Waals surface area contributed by atoms with Crippen molar-refractivity contribution >= 4 is 5.97 Å².